The minimum atomic E-state index is -3.41. The molecule has 1 aliphatic heterocycles. The maximum atomic E-state index is 12.6. The van der Waals surface area contributed by atoms with Gasteiger partial charge in [0.1, 0.15) is 0 Å². The third-order valence-corrected chi connectivity index (χ3v) is 6.16. The van der Waals surface area contributed by atoms with Crippen molar-refractivity contribution in [3.63, 3.8) is 0 Å². The van der Waals surface area contributed by atoms with Crippen molar-refractivity contribution >= 4 is 21.6 Å². The number of nitrogens with zero attached hydrogens (tertiary/aromatic N) is 1. The molecule has 2 rings (SSSR count). The molecule has 1 fully saturated rings. The maximum absolute atomic E-state index is 12.6. The van der Waals surface area contributed by atoms with Gasteiger partial charge in [-0.25, -0.2) is 8.42 Å². The van der Waals surface area contributed by atoms with Crippen LogP contribution in [0.3, 0.4) is 0 Å². The Kier molecular flexibility index (Phi) is 6.18. The van der Waals surface area contributed by atoms with Crippen LogP contribution in [0.5, 0.6) is 0 Å². The van der Waals surface area contributed by atoms with E-state index in [2.05, 4.69) is 5.32 Å². The second-order valence-corrected chi connectivity index (χ2v) is 8.11. The Balaban J connectivity index is 2.05. The summed E-state index contributed by atoms with van der Waals surface area (Å²) in [6.07, 6.45) is 4.73. The summed E-state index contributed by atoms with van der Waals surface area (Å²) in [4.78, 5) is 12.3. The number of nitrogens with one attached hydrogen (secondary N) is 1. The van der Waals surface area contributed by atoms with Crippen LogP contribution in [0.2, 0.25) is 0 Å². The Morgan fingerprint density at radius 3 is 2.35 bits per heavy atom. The number of rotatable bonds is 6. The Morgan fingerprint density at radius 2 is 1.78 bits per heavy atom. The molecule has 1 N–H and O–H groups in total. The molecule has 0 spiro atoms. The number of hydrogen-bond acceptors (Lipinski definition) is 3. The molecular formula is C17H26N2O3S. The number of carbonyl (C=O) groups is 1. The lowest BCUT2D eigenvalue weighted by molar-refractivity contribution is -0.119. The van der Waals surface area contributed by atoms with E-state index in [1.54, 1.807) is 28.6 Å². The third-order valence-electron chi connectivity index (χ3n) is 4.24. The van der Waals surface area contributed by atoms with Gasteiger partial charge in [0.15, 0.2) is 0 Å². The summed E-state index contributed by atoms with van der Waals surface area (Å²) < 4.78 is 26.7. The van der Waals surface area contributed by atoms with Crippen LogP contribution < -0.4 is 5.32 Å². The first-order valence-electron chi connectivity index (χ1n) is 8.36. The summed E-state index contributed by atoms with van der Waals surface area (Å²) >= 11 is 0. The van der Waals surface area contributed by atoms with Gasteiger partial charge in [-0.3, -0.25) is 4.79 Å². The van der Waals surface area contributed by atoms with E-state index in [4.69, 9.17) is 0 Å². The van der Waals surface area contributed by atoms with E-state index >= 15 is 0 Å². The first kappa shape index (κ1) is 17.9. The molecular weight excluding hydrogens is 312 g/mol. The standard InChI is InChI=1S/C17H26N2O3S/c1-3-7-14(2)17(20)18-15-8-10-16(11-9-15)23(21,22)19-12-5-4-6-13-19/h8-11,14H,3-7,12-13H2,1-2H3,(H,18,20). The van der Waals surface area contributed by atoms with Crippen LogP contribution in [0.1, 0.15) is 46.0 Å². The first-order chi connectivity index (χ1) is 10.9. The number of hydrogen-bond donors (Lipinski definition) is 1. The lowest BCUT2D eigenvalue weighted by atomic mass is 10.1. The molecule has 5 nitrogen and oxygen atoms in total. The van der Waals surface area contributed by atoms with Crippen molar-refractivity contribution in [1.82, 2.24) is 4.31 Å². The predicted octanol–water partition coefficient (Wildman–Crippen LogP) is 3.24. The molecule has 0 saturated carbocycles. The Morgan fingerprint density at radius 1 is 1.17 bits per heavy atom. The normalized spacial score (nSPS) is 17.7. The number of piperidine rings is 1. The average molecular weight is 338 g/mol. The van der Waals surface area contributed by atoms with Crippen molar-refractivity contribution in [3.05, 3.63) is 24.3 Å². The molecule has 23 heavy (non-hydrogen) atoms. The van der Waals surface area contributed by atoms with Gasteiger partial charge in [0.2, 0.25) is 15.9 Å². The highest BCUT2D eigenvalue weighted by Gasteiger charge is 2.25. The fourth-order valence-electron chi connectivity index (χ4n) is 2.79. The molecule has 1 aromatic rings. The Hall–Kier alpha value is -1.40. The molecule has 128 valence electrons. The fraction of sp³-hybridized carbons (Fsp3) is 0.588. The molecule has 0 aliphatic carbocycles. The highest BCUT2D eigenvalue weighted by molar-refractivity contribution is 7.89. The molecule has 1 atom stereocenters. The van der Waals surface area contributed by atoms with Crippen LogP contribution in [0.25, 0.3) is 0 Å². The van der Waals surface area contributed by atoms with E-state index in [1.807, 2.05) is 13.8 Å². The molecule has 1 unspecified atom stereocenters. The summed E-state index contributed by atoms with van der Waals surface area (Å²) in [5.41, 5.74) is 0.635. The predicted molar refractivity (Wildman–Crippen MR) is 91.8 cm³/mol. The van der Waals surface area contributed by atoms with Crippen LogP contribution in [-0.4, -0.2) is 31.7 Å². The number of anilines is 1. The van der Waals surface area contributed by atoms with Crippen molar-refractivity contribution in [2.75, 3.05) is 18.4 Å². The largest absolute Gasteiger partial charge is 0.326 e. The second-order valence-electron chi connectivity index (χ2n) is 6.17. The summed E-state index contributed by atoms with van der Waals surface area (Å²) in [5, 5.41) is 2.84. The molecule has 1 aliphatic rings. The lowest BCUT2D eigenvalue weighted by Gasteiger charge is -2.25. The number of sulfonamides is 1. The summed E-state index contributed by atoms with van der Waals surface area (Å²) in [6, 6.07) is 6.47. The first-order valence-corrected chi connectivity index (χ1v) is 9.80. The SMILES string of the molecule is CCCC(C)C(=O)Nc1ccc(S(=O)(=O)N2CCCCC2)cc1. The summed E-state index contributed by atoms with van der Waals surface area (Å²) in [5.74, 6) is -0.0738. The maximum Gasteiger partial charge on any atom is 0.243 e. The topological polar surface area (TPSA) is 66.5 Å². The zero-order valence-corrected chi connectivity index (χ0v) is 14.7. The summed E-state index contributed by atoms with van der Waals surface area (Å²) in [7, 11) is -3.41. The fourth-order valence-corrected chi connectivity index (χ4v) is 4.31. The number of benzene rings is 1. The van der Waals surface area contributed by atoms with Gasteiger partial charge in [-0.2, -0.15) is 4.31 Å². The van der Waals surface area contributed by atoms with E-state index in [0.717, 1.165) is 32.1 Å². The van der Waals surface area contributed by atoms with Gasteiger partial charge in [-0.1, -0.05) is 26.7 Å². The molecule has 0 aromatic heterocycles. The van der Waals surface area contributed by atoms with Gasteiger partial charge in [-0.05, 0) is 43.5 Å². The van der Waals surface area contributed by atoms with Crippen molar-refractivity contribution in [1.29, 1.82) is 0 Å². The van der Waals surface area contributed by atoms with Crippen molar-refractivity contribution in [2.45, 2.75) is 50.8 Å². The van der Waals surface area contributed by atoms with Gasteiger partial charge in [-0.15, -0.1) is 0 Å². The van der Waals surface area contributed by atoms with Gasteiger partial charge in [0, 0.05) is 24.7 Å². The highest BCUT2D eigenvalue weighted by atomic mass is 32.2. The molecule has 6 heteroatoms. The van der Waals surface area contributed by atoms with E-state index in [9.17, 15) is 13.2 Å². The van der Waals surface area contributed by atoms with E-state index < -0.39 is 10.0 Å². The van der Waals surface area contributed by atoms with Crippen LogP contribution in [0.15, 0.2) is 29.2 Å². The average Bonchev–Trinajstić information content (AvgIpc) is 2.56. The van der Waals surface area contributed by atoms with E-state index in [0.29, 0.717) is 23.7 Å². The molecule has 1 amide bonds. The van der Waals surface area contributed by atoms with Crippen molar-refractivity contribution in [2.24, 2.45) is 5.92 Å². The van der Waals surface area contributed by atoms with Gasteiger partial charge < -0.3 is 5.32 Å². The number of amides is 1. The zero-order valence-electron chi connectivity index (χ0n) is 13.9. The number of carbonyl (C=O) groups excluding carboxylic acids is 1. The highest BCUT2D eigenvalue weighted by Crippen LogP contribution is 2.22. The van der Waals surface area contributed by atoms with E-state index in [1.165, 1.54) is 0 Å². The van der Waals surface area contributed by atoms with Gasteiger partial charge >= 0.3 is 0 Å². The van der Waals surface area contributed by atoms with Gasteiger partial charge in [0.05, 0.1) is 4.90 Å². The molecule has 0 bridgehead atoms. The second kappa shape index (κ2) is 7.93. The minimum Gasteiger partial charge on any atom is -0.326 e. The van der Waals surface area contributed by atoms with Crippen LogP contribution in [0.4, 0.5) is 5.69 Å². The quantitative estimate of drug-likeness (QED) is 0.866. The lowest BCUT2D eigenvalue weighted by Crippen LogP contribution is -2.35. The van der Waals surface area contributed by atoms with Crippen molar-refractivity contribution in [3.8, 4) is 0 Å². The minimum absolute atomic E-state index is 0.0292. The molecule has 0 radical (unpaired) electrons. The molecule has 1 heterocycles. The van der Waals surface area contributed by atoms with Gasteiger partial charge in [0.25, 0.3) is 0 Å². The zero-order chi connectivity index (χ0) is 16.9. The summed E-state index contributed by atoms with van der Waals surface area (Å²) in [6.45, 7) is 5.13. The third kappa shape index (κ3) is 4.54. The van der Waals surface area contributed by atoms with Crippen molar-refractivity contribution < 1.29 is 13.2 Å². The molecule has 1 aromatic carbocycles. The van der Waals surface area contributed by atoms with E-state index in [-0.39, 0.29) is 11.8 Å². The van der Waals surface area contributed by atoms with Crippen LogP contribution in [0, 0.1) is 5.92 Å². The monoisotopic (exact) mass is 338 g/mol. The van der Waals surface area contributed by atoms with Crippen LogP contribution in [-0.2, 0) is 14.8 Å². The Bertz CT molecular complexity index is 620. The smallest absolute Gasteiger partial charge is 0.243 e. The Labute approximate surface area is 139 Å². The van der Waals surface area contributed by atoms with Crippen LogP contribution >= 0.6 is 0 Å². The molecule has 1 saturated heterocycles.